The van der Waals surface area contributed by atoms with Crippen molar-refractivity contribution in [1.82, 2.24) is 21.3 Å². The summed E-state index contributed by atoms with van der Waals surface area (Å²) >= 11 is 2.55. The maximum atomic E-state index is 10.4. The van der Waals surface area contributed by atoms with Crippen LogP contribution >= 0.6 is 0 Å². The van der Waals surface area contributed by atoms with E-state index < -0.39 is 48.0 Å². The van der Waals surface area contributed by atoms with Crippen LogP contribution in [0.2, 0.25) is 5.52 Å². The Morgan fingerprint density at radius 2 is 0.667 bits per heavy atom. The molecule has 18 heteroatoms. The Morgan fingerprint density at radius 3 is 0.718 bits per heavy atom. The van der Waals surface area contributed by atoms with Crippen LogP contribution in [0.3, 0.4) is 0 Å². The second-order valence-electron chi connectivity index (χ2n) is 7.99. The molecular formula is C21H31N4O12Rh2. The first-order chi connectivity index (χ1) is 17.8. The van der Waals surface area contributed by atoms with E-state index in [2.05, 4.69) is 39.6 Å². The number of hydrogen-bond acceptors (Lipinski definition) is 8. The Morgan fingerprint density at radius 1 is 0.513 bits per heavy atom. The Kier molecular flexibility index (Phi) is 19.6. The predicted octanol–water partition coefficient (Wildman–Crippen LogP) is -2.02. The van der Waals surface area contributed by atoms with Crippen LogP contribution in [0.1, 0.15) is 51.4 Å². The largest absolute Gasteiger partial charge is 0 e. The summed E-state index contributed by atoms with van der Waals surface area (Å²) in [6, 6.07) is -2.56. The van der Waals surface area contributed by atoms with Gasteiger partial charge in [0.25, 0.3) is 0 Å². The zero-order chi connectivity index (χ0) is 29.4. The smallest absolute Gasteiger partial charge is 0 e. The van der Waals surface area contributed by atoms with Crippen LogP contribution in [0.4, 0.5) is 0 Å². The molecule has 16 nitrogen and oxygen atoms in total. The molecule has 4 aliphatic rings. The molecular weight excluding hydrogens is 706 g/mol. The van der Waals surface area contributed by atoms with Crippen LogP contribution < -0.4 is 21.3 Å². The molecule has 4 heterocycles. The average molecular weight is 737 g/mol. The molecule has 4 aliphatic heterocycles. The number of carboxylic acid groups (broad SMARTS) is 4. The number of hydrogen-bond donors (Lipinski definition) is 8. The molecule has 8 N–H and O–H groups in total. The first kappa shape index (κ1) is 38.2. The van der Waals surface area contributed by atoms with Crippen LogP contribution in [0, 0.1) is 0 Å². The molecule has 4 amide bonds. The van der Waals surface area contributed by atoms with E-state index in [1.54, 1.807) is 0 Å². The van der Waals surface area contributed by atoms with Gasteiger partial charge in [-0.1, -0.05) is 0 Å². The van der Waals surface area contributed by atoms with Gasteiger partial charge in [0, 0.05) is 45.2 Å². The Labute approximate surface area is 245 Å². The third-order valence-electron chi connectivity index (χ3n) is 5.17. The third kappa shape index (κ3) is 15.9. The monoisotopic (exact) mass is 737 g/mol. The number of aliphatic carboxylic acids is 4. The minimum atomic E-state index is -0.944. The van der Waals surface area contributed by atoms with Crippen molar-refractivity contribution in [3.8, 4) is 0 Å². The number of carbonyl (C=O) groups is 8. The van der Waals surface area contributed by atoms with E-state index in [1.807, 2.05) is 5.52 Å². The van der Waals surface area contributed by atoms with Gasteiger partial charge < -0.3 is 41.7 Å². The van der Waals surface area contributed by atoms with Gasteiger partial charge in [0.05, 0.1) is 0 Å². The van der Waals surface area contributed by atoms with Crippen LogP contribution in [0.15, 0.2) is 0 Å². The number of carboxylic acids is 4. The molecule has 0 bridgehead atoms. The molecule has 0 aromatic carbocycles. The van der Waals surface area contributed by atoms with Gasteiger partial charge in [0.1, 0.15) is 24.2 Å². The van der Waals surface area contributed by atoms with E-state index in [0.717, 1.165) is 0 Å². The summed E-state index contributed by atoms with van der Waals surface area (Å²) in [5.41, 5.74) is 1.89. The number of carbonyl (C=O) groups excluding carboxylic acids is 4. The van der Waals surface area contributed by atoms with E-state index >= 15 is 0 Å². The summed E-state index contributed by atoms with van der Waals surface area (Å²) in [6.07, 6.45) is 3.08. The fourth-order valence-corrected chi connectivity index (χ4v) is 3.20. The summed E-state index contributed by atoms with van der Waals surface area (Å²) in [6.45, 7) is 0. The summed E-state index contributed by atoms with van der Waals surface area (Å²) in [5, 5.41) is 42.5. The summed E-state index contributed by atoms with van der Waals surface area (Å²) in [5.74, 6) is -4.43. The molecule has 4 atom stereocenters. The molecule has 0 aliphatic carbocycles. The standard InChI is InChI=1S/4C5H7NO3.CH3.2Rh/c4*7-4-2-1-3(6-4)5(8)9;;;/h4*3H,1-2H2,(H,6,7)(H,8,9);1H3;;/t4*3-;;;/m0000.../s1. The SMILES string of the molecule is O=C1CC[C@@H](C(=O)O)N1.O=C1CC[C@@H](C(=O)O)N1.O=C1CC[C@@H](C(=O)O)N1.O=C1CC[C@@H](C(=O)O)N1.[CH3][Rh].[Rh]. The van der Waals surface area contributed by atoms with Crippen molar-refractivity contribution in [2.75, 3.05) is 0 Å². The zero-order valence-corrected chi connectivity index (χ0v) is 24.0. The average Bonchev–Trinajstić information content (AvgIpc) is 3.65. The molecule has 0 saturated carbocycles. The van der Waals surface area contributed by atoms with Gasteiger partial charge in [-0.2, -0.15) is 0 Å². The fourth-order valence-electron chi connectivity index (χ4n) is 3.20. The van der Waals surface area contributed by atoms with E-state index in [4.69, 9.17) is 20.4 Å². The molecule has 4 saturated heterocycles. The summed E-state index contributed by atoms with van der Waals surface area (Å²) in [4.78, 5) is 82.1. The topological polar surface area (TPSA) is 266 Å². The Balaban J connectivity index is 0. The van der Waals surface area contributed by atoms with Crippen molar-refractivity contribution in [3.05, 3.63) is 0 Å². The normalized spacial score (nSPS) is 24.0. The first-order valence-corrected chi connectivity index (χ1v) is 12.9. The van der Waals surface area contributed by atoms with Crippen LogP contribution in [-0.4, -0.2) is 92.1 Å². The van der Waals surface area contributed by atoms with E-state index in [-0.39, 0.29) is 43.1 Å². The molecule has 1 radical (unpaired) electrons. The van der Waals surface area contributed by atoms with Crippen molar-refractivity contribution in [3.63, 3.8) is 0 Å². The van der Waals surface area contributed by atoms with Gasteiger partial charge in [-0.3, -0.25) is 19.2 Å². The minimum Gasteiger partial charge on any atom is 0 e. The fraction of sp³-hybridized carbons (Fsp3) is 0.619. The Hall–Kier alpha value is -2.99. The van der Waals surface area contributed by atoms with Crippen molar-refractivity contribution >= 4 is 47.5 Å². The van der Waals surface area contributed by atoms with E-state index in [1.165, 1.54) is 0 Å². The molecule has 4 rings (SSSR count). The van der Waals surface area contributed by atoms with E-state index in [0.29, 0.717) is 51.4 Å². The maximum Gasteiger partial charge on any atom is 0 e. The van der Waals surface area contributed by atoms with Crippen LogP contribution in [0.25, 0.3) is 0 Å². The second kappa shape index (κ2) is 20.0. The van der Waals surface area contributed by atoms with Gasteiger partial charge in [-0.25, -0.2) is 19.2 Å². The molecule has 0 aromatic heterocycles. The quantitative estimate of drug-likeness (QED) is 0.145. The van der Waals surface area contributed by atoms with Gasteiger partial charge >= 0.3 is 47.7 Å². The van der Waals surface area contributed by atoms with E-state index in [9.17, 15) is 38.4 Å². The second-order valence-corrected chi connectivity index (χ2v) is 7.99. The molecule has 0 aromatic rings. The third-order valence-corrected chi connectivity index (χ3v) is 5.17. The van der Waals surface area contributed by atoms with Crippen molar-refractivity contribution < 1.29 is 96.6 Å². The number of amides is 4. The van der Waals surface area contributed by atoms with Crippen molar-refractivity contribution in [1.29, 1.82) is 0 Å². The van der Waals surface area contributed by atoms with Gasteiger partial charge in [-0.15, -0.1) is 0 Å². The van der Waals surface area contributed by atoms with Gasteiger partial charge in [-0.05, 0) is 25.7 Å². The van der Waals surface area contributed by atoms with Crippen molar-refractivity contribution in [2.24, 2.45) is 0 Å². The zero-order valence-electron chi connectivity index (χ0n) is 20.7. The summed E-state index contributed by atoms with van der Waals surface area (Å²) < 4.78 is 0. The van der Waals surface area contributed by atoms with Gasteiger partial charge in [0.15, 0.2) is 0 Å². The number of rotatable bonds is 4. The van der Waals surface area contributed by atoms with Gasteiger partial charge in [0.2, 0.25) is 23.6 Å². The molecule has 4 fully saturated rings. The minimum absolute atomic E-state index is 0. The summed E-state index contributed by atoms with van der Waals surface area (Å²) in [7, 11) is 0. The molecule has 0 spiro atoms. The molecule has 225 valence electrons. The van der Waals surface area contributed by atoms with Crippen LogP contribution in [0.5, 0.6) is 0 Å². The number of nitrogens with one attached hydrogen (secondary N) is 4. The Bertz CT molecular complexity index is 773. The molecule has 39 heavy (non-hydrogen) atoms. The van der Waals surface area contributed by atoms with Crippen LogP contribution in [-0.2, 0) is 76.1 Å². The first-order valence-electron chi connectivity index (χ1n) is 11.2. The van der Waals surface area contributed by atoms with Crippen molar-refractivity contribution in [2.45, 2.75) is 81.1 Å². The maximum absolute atomic E-state index is 10.4. The predicted molar refractivity (Wildman–Crippen MR) is 121 cm³/mol. The molecule has 0 unspecified atom stereocenters.